The fourth-order valence-electron chi connectivity index (χ4n) is 1.77. The molecule has 0 aromatic carbocycles. The molecule has 0 radical (unpaired) electrons. The fraction of sp³-hybridized carbons (Fsp3) is 0.462. The highest BCUT2D eigenvalue weighted by Crippen LogP contribution is 2.19. The zero-order valence-corrected chi connectivity index (χ0v) is 11.2. The van der Waals surface area contributed by atoms with Crippen molar-refractivity contribution in [3.63, 3.8) is 0 Å². The first-order chi connectivity index (χ1) is 8.19. The highest BCUT2D eigenvalue weighted by molar-refractivity contribution is 7.99. The van der Waals surface area contributed by atoms with Crippen molar-refractivity contribution in [3.05, 3.63) is 35.8 Å². The molecule has 0 amide bonds. The molecule has 2 N–H and O–H groups in total. The lowest BCUT2D eigenvalue weighted by molar-refractivity contribution is 0.822. The van der Waals surface area contributed by atoms with Crippen LogP contribution in [0, 0.1) is 6.92 Å². The molecule has 0 aliphatic rings. The third kappa shape index (κ3) is 3.23. The average molecular weight is 249 g/mol. The van der Waals surface area contributed by atoms with Gasteiger partial charge in [0.05, 0.1) is 5.69 Å². The van der Waals surface area contributed by atoms with Gasteiger partial charge < -0.3 is 10.1 Å². The monoisotopic (exact) mass is 249 g/mol. The van der Waals surface area contributed by atoms with E-state index in [1.165, 1.54) is 5.56 Å². The highest BCUT2D eigenvalue weighted by atomic mass is 32.2. The number of pyridine rings is 1. The Balaban J connectivity index is 2.04. The van der Waals surface area contributed by atoms with E-state index in [-0.39, 0.29) is 0 Å². The molecule has 0 saturated heterocycles. The molecule has 17 heavy (non-hydrogen) atoms. The van der Waals surface area contributed by atoms with Gasteiger partial charge in [0, 0.05) is 23.4 Å². The third-order valence-corrected chi connectivity index (χ3v) is 4.00. The minimum Gasteiger partial charge on any atom is -0.330 e. The summed E-state index contributed by atoms with van der Waals surface area (Å²) >= 11 is 1.92. The van der Waals surface area contributed by atoms with Crippen LogP contribution in [0.1, 0.15) is 24.6 Å². The number of nitrogens with two attached hydrogens (primary N) is 1. The van der Waals surface area contributed by atoms with Crippen molar-refractivity contribution in [2.75, 3.05) is 6.54 Å². The van der Waals surface area contributed by atoms with Crippen LogP contribution in [0.2, 0.25) is 0 Å². The molecule has 0 saturated carbocycles. The smallest absolute Gasteiger partial charge is 0.137 e. The number of hydrogen-bond acceptors (Lipinski definition) is 3. The van der Waals surface area contributed by atoms with E-state index in [9.17, 15) is 0 Å². The van der Waals surface area contributed by atoms with Gasteiger partial charge in [-0.1, -0.05) is 13.0 Å². The van der Waals surface area contributed by atoms with Crippen LogP contribution in [-0.2, 0) is 5.75 Å². The molecule has 2 rings (SSSR count). The minimum atomic E-state index is 0.603. The van der Waals surface area contributed by atoms with Crippen molar-refractivity contribution in [1.29, 1.82) is 0 Å². The van der Waals surface area contributed by atoms with Gasteiger partial charge in [0.15, 0.2) is 0 Å². The second kappa shape index (κ2) is 5.56. The average Bonchev–Trinajstić information content (AvgIpc) is 2.68. The summed E-state index contributed by atoms with van der Waals surface area (Å²) < 4.78 is 2.10. The third-order valence-electron chi connectivity index (χ3n) is 2.74. The van der Waals surface area contributed by atoms with Crippen molar-refractivity contribution >= 4 is 17.4 Å². The van der Waals surface area contributed by atoms with Gasteiger partial charge in [-0.25, -0.2) is 4.98 Å². The SMILES string of the molecule is Cc1ccc2nc(CSC(C)CCN)cn2c1. The number of thioether (sulfide) groups is 1. The van der Waals surface area contributed by atoms with Gasteiger partial charge in [-0.15, -0.1) is 0 Å². The lowest BCUT2D eigenvalue weighted by Gasteiger charge is -2.07. The lowest BCUT2D eigenvalue weighted by Crippen LogP contribution is -2.07. The summed E-state index contributed by atoms with van der Waals surface area (Å²) in [7, 11) is 0. The molecule has 0 aliphatic heterocycles. The molecule has 3 nitrogen and oxygen atoms in total. The summed E-state index contributed by atoms with van der Waals surface area (Å²) in [6.07, 6.45) is 5.29. The van der Waals surface area contributed by atoms with Gasteiger partial charge in [-0.3, -0.25) is 0 Å². The van der Waals surface area contributed by atoms with Gasteiger partial charge in [-0.2, -0.15) is 11.8 Å². The predicted octanol–water partition coefficient (Wildman–Crippen LogP) is 2.61. The number of hydrogen-bond donors (Lipinski definition) is 1. The van der Waals surface area contributed by atoms with E-state index in [0.717, 1.165) is 30.1 Å². The molecule has 1 atom stereocenters. The first kappa shape index (κ1) is 12.5. The second-order valence-electron chi connectivity index (χ2n) is 4.40. The van der Waals surface area contributed by atoms with Crippen LogP contribution < -0.4 is 5.73 Å². The van der Waals surface area contributed by atoms with E-state index in [1.54, 1.807) is 0 Å². The summed E-state index contributed by atoms with van der Waals surface area (Å²) in [6.45, 7) is 5.08. The fourth-order valence-corrected chi connectivity index (χ4v) is 2.67. The summed E-state index contributed by atoms with van der Waals surface area (Å²) in [5.74, 6) is 0.960. The second-order valence-corrected chi connectivity index (χ2v) is 5.83. The Morgan fingerprint density at radius 1 is 1.41 bits per heavy atom. The largest absolute Gasteiger partial charge is 0.330 e. The number of fused-ring (bicyclic) bond motifs is 1. The Morgan fingerprint density at radius 2 is 2.24 bits per heavy atom. The maximum atomic E-state index is 5.54. The first-order valence-corrected chi connectivity index (χ1v) is 7.00. The molecule has 0 fully saturated rings. The van der Waals surface area contributed by atoms with Crippen LogP contribution in [-0.4, -0.2) is 21.2 Å². The Morgan fingerprint density at radius 3 is 3.00 bits per heavy atom. The number of aryl methyl sites for hydroxylation is 1. The van der Waals surface area contributed by atoms with E-state index < -0.39 is 0 Å². The maximum Gasteiger partial charge on any atom is 0.137 e. The summed E-state index contributed by atoms with van der Waals surface area (Å²) in [4.78, 5) is 4.60. The molecule has 0 aliphatic carbocycles. The molecule has 2 heterocycles. The lowest BCUT2D eigenvalue weighted by atomic mass is 10.3. The van der Waals surface area contributed by atoms with Crippen LogP contribution in [0.3, 0.4) is 0 Å². The molecule has 0 bridgehead atoms. The number of rotatable bonds is 5. The van der Waals surface area contributed by atoms with Crippen LogP contribution in [0.15, 0.2) is 24.5 Å². The van der Waals surface area contributed by atoms with Crippen LogP contribution in [0.5, 0.6) is 0 Å². The van der Waals surface area contributed by atoms with E-state index in [1.807, 2.05) is 11.8 Å². The summed E-state index contributed by atoms with van der Waals surface area (Å²) in [6, 6.07) is 4.16. The van der Waals surface area contributed by atoms with E-state index in [4.69, 9.17) is 5.73 Å². The first-order valence-electron chi connectivity index (χ1n) is 5.95. The number of nitrogens with zero attached hydrogens (tertiary/aromatic N) is 2. The Hall–Kier alpha value is -1.00. The molecule has 2 aromatic rings. The van der Waals surface area contributed by atoms with E-state index in [2.05, 4.69) is 47.8 Å². The Bertz CT molecular complexity index is 492. The molecule has 4 heteroatoms. The Kier molecular flexibility index (Phi) is 4.07. The molecule has 1 unspecified atom stereocenters. The standard InChI is InChI=1S/C13H19N3S/c1-10-3-4-13-15-12(8-16(13)7-10)9-17-11(2)5-6-14/h3-4,7-8,11H,5-6,9,14H2,1-2H3. The van der Waals surface area contributed by atoms with E-state index >= 15 is 0 Å². The van der Waals surface area contributed by atoms with Crippen molar-refractivity contribution in [2.45, 2.75) is 31.3 Å². The van der Waals surface area contributed by atoms with Gasteiger partial charge >= 0.3 is 0 Å². The predicted molar refractivity (Wildman–Crippen MR) is 74.4 cm³/mol. The minimum absolute atomic E-state index is 0.603. The molecule has 0 spiro atoms. The molecule has 92 valence electrons. The number of aromatic nitrogens is 2. The zero-order valence-electron chi connectivity index (χ0n) is 10.4. The molecule has 2 aromatic heterocycles. The van der Waals surface area contributed by atoms with Gasteiger partial charge in [0.2, 0.25) is 0 Å². The normalized spacial score (nSPS) is 13.1. The molecular formula is C13H19N3S. The van der Waals surface area contributed by atoms with Gasteiger partial charge in [-0.05, 0) is 31.5 Å². The van der Waals surface area contributed by atoms with Crippen molar-refractivity contribution in [2.24, 2.45) is 5.73 Å². The van der Waals surface area contributed by atoms with Crippen molar-refractivity contribution in [1.82, 2.24) is 9.38 Å². The van der Waals surface area contributed by atoms with Crippen molar-refractivity contribution in [3.8, 4) is 0 Å². The van der Waals surface area contributed by atoms with Crippen LogP contribution >= 0.6 is 11.8 Å². The summed E-state index contributed by atoms with van der Waals surface area (Å²) in [5.41, 5.74) is 8.97. The topological polar surface area (TPSA) is 43.3 Å². The van der Waals surface area contributed by atoms with Gasteiger partial charge in [0.25, 0.3) is 0 Å². The van der Waals surface area contributed by atoms with E-state index in [0.29, 0.717) is 5.25 Å². The quantitative estimate of drug-likeness (QED) is 0.886. The van der Waals surface area contributed by atoms with Crippen LogP contribution in [0.25, 0.3) is 5.65 Å². The Labute approximate surface area is 106 Å². The van der Waals surface area contributed by atoms with Gasteiger partial charge in [0.1, 0.15) is 5.65 Å². The molecular weight excluding hydrogens is 230 g/mol. The zero-order chi connectivity index (χ0) is 12.3. The number of imidazole rings is 1. The summed E-state index contributed by atoms with van der Waals surface area (Å²) in [5, 5.41) is 0.603. The van der Waals surface area contributed by atoms with Crippen LogP contribution in [0.4, 0.5) is 0 Å². The van der Waals surface area contributed by atoms with Crippen molar-refractivity contribution < 1.29 is 0 Å². The maximum absolute atomic E-state index is 5.54. The highest BCUT2D eigenvalue weighted by Gasteiger charge is 2.05.